The minimum atomic E-state index is 0.267. The van der Waals surface area contributed by atoms with Gasteiger partial charge in [0.2, 0.25) is 0 Å². The Labute approximate surface area is 114 Å². The van der Waals surface area contributed by atoms with Gasteiger partial charge >= 0.3 is 0 Å². The summed E-state index contributed by atoms with van der Waals surface area (Å²) in [6, 6.07) is 8.35. The van der Waals surface area contributed by atoms with Crippen LogP contribution >= 0.6 is 0 Å². The van der Waals surface area contributed by atoms with Gasteiger partial charge in [-0.3, -0.25) is 4.98 Å². The summed E-state index contributed by atoms with van der Waals surface area (Å²) >= 11 is 0. The number of likely N-dealkylation sites (N-methyl/N-ethyl adjacent to an activating group) is 1. The van der Waals surface area contributed by atoms with Crippen molar-refractivity contribution in [1.29, 1.82) is 0 Å². The molecule has 1 atom stereocenters. The van der Waals surface area contributed by atoms with Gasteiger partial charge in [0.15, 0.2) is 0 Å². The molecule has 0 radical (unpaired) electrons. The van der Waals surface area contributed by atoms with Crippen molar-refractivity contribution in [1.82, 2.24) is 4.98 Å². The van der Waals surface area contributed by atoms with E-state index >= 15 is 0 Å². The zero-order valence-electron chi connectivity index (χ0n) is 11.8. The minimum Gasteiger partial charge on any atom is -0.396 e. The lowest BCUT2D eigenvalue weighted by Crippen LogP contribution is -2.36. The molecule has 19 heavy (non-hydrogen) atoms. The van der Waals surface area contributed by atoms with Crippen molar-refractivity contribution in [2.45, 2.75) is 19.9 Å². The smallest absolute Gasteiger partial charge is 0.0745 e. The summed E-state index contributed by atoms with van der Waals surface area (Å²) in [6.07, 6.45) is 1.74. The van der Waals surface area contributed by atoms with Crippen LogP contribution in [0.2, 0.25) is 0 Å². The number of nitrogens with two attached hydrogens (primary N) is 1. The molecule has 0 spiro atoms. The van der Waals surface area contributed by atoms with Crippen molar-refractivity contribution in [2.75, 3.05) is 30.9 Å². The predicted octanol–water partition coefficient (Wildman–Crippen LogP) is 2.68. The number of methoxy groups -OCH3 is 1. The molecule has 0 saturated heterocycles. The third kappa shape index (κ3) is 2.63. The first-order valence-corrected chi connectivity index (χ1v) is 6.57. The highest BCUT2D eigenvalue weighted by molar-refractivity contribution is 5.97. The van der Waals surface area contributed by atoms with Gasteiger partial charge in [-0.2, -0.15) is 0 Å². The van der Waals surface area contributed by atoms with E-state index in [1.165, 1.54) is 0 Å². The molecule has 0 saturated carbocycles. The molecule has 0 bridgehead atoms. The summed E-state index contributed by atoms with van der Waals surface area (Å²) in [5.41, 5.74) is 8.88. The van der Waals surface area contributed by atoms with E-state index in [9.17, 15) is 0 Å². The normalized spacial score (nSPS) is 12.6. The molecule has 1 aromatic carbocycles. The summed E-state index contributed by atoms with van der Waals surface area (Å²) < 4.78 is 5.26. The predicted molar refractivity (Wildman–Crippen MR) is 80.5 cm³/mol. The minimum absolute atomic E-state index is 0.267. The van der Waals surface area contributed by atoms with Crippen molar-refractivity contribution < 1.29 is 4.74 Å². The Morgan fingerprint density at radius 1 is 1.37 bits per heavy atom. The maximum atomic E-state index is 6.15. The fraction of sp³-hybridized carbons (Fsp3) is 0.400. The monoisotopic (exact) mass is 259 g/mol. The summed E-state index contributed by atoms with van der Waals surface area (Å²) in [7, 11) is 1.72. The first-order chi connectivity index (χ1) is 9.19. The van der Waals surface area contributed by atoms with Gasteiger partial charge in [-0.15, -0.1) is 0 Å². The number of nitrogens with zero attached hydrogens (tertiary/aromatic N) is 2. The molecule has 2 N–H and O–H groups in total. The van der Waals surface area contributed by atoms with E-state index in [1.54, 1.807) is 13.3 Å². The Morgan fingerprint density at radius 3 is 2.79 bits per heavy atom. The van der Waals surface area contributed by atoms with Gasteiger partial charge in [-0.1, -0.05) is 18.2 Å². The quantitative estimate of drug-likeness (QED) is 0.897. The topological polar surface area (TPSA) is 51.4 Å². The van der Waals surface area contributed by atoms with Gasteiger partial charge < -0.3 is 15.4 Å². The fourth-order valence-electron chi connectivity index (χ4n) is 2.48. The van der Waals surface area contributed by atoms with Crippen LogP contribution in [0.1, 0.15) is 13.8 Å². The number of rotatable bonds is 5. The van der Waals surface area contributed by atoms with E-state index < -0.39 is 0 Å². The largest absolute Gasteiger partial charge is 0.396 e. The van der Waals surface area contributed by atoms with Crippen molar-refractivity contribution in [3.63, 3.8) is 0 Å². The van der Waals surface area contributed by atoms with Crippen LogP contribution in [0.5, 0.6) is 0 Å². The Morgan fingerprint density at radius 2 is 2.11 bits per heavy atom. The highest BCUT2D eigenvalue weighted by atomic mass is 16.5. The Hall–Kier alpha value is -1.81. The highest BCUT2D eigenvalue weighted by Crippen LogP contribution is 2.32. The molecule has 4 heteroatoms. The van der Waals surface area contributed by atoms with Gasteiger partial charge in [-0.25, -0.2) is 0 Å². The average Bonchev–Trinajstić information content (AvgIpc) is 2.42. The van der Waals surface area contributed by atoms with Gasteiger partial charge in [0.05, 0.1) is 29.7 Å². The van der Waals surface area contributed by atoms with Crippen LogP contribution in [0.25, 0.3) is 10.9 Å². The van der Waals surface area contributed by atoms with Gasteiger partial charge in [0.1, 0.15) is 0 Å². The highest BCUT2D eigenvalue weighted by Gasteiger charge is 2.18. The van der Waals surface area contributed by atoms with Crippen molar-refractivity contribution in [3.8, 4) is 0 Å². The second-order valence-corrected chi connectivity index (χ2v) is 4.67. The molecule has 0 aliphatic rings. The van der Waals surface area contributed by atoms with Crippen LogP contribution in [0, 0.1) is 0 Å². The van der Waals surface area contributed by atoms with E-state index in [4.69, 9.17) is 10.5 Å². The van der Waals surface area contributed by atoms with Crippen molar-refractivity contribution in [2.24, 2.45) is 0 Å². The van der Waals surface area contributed by atoms with E-state index in [0.717, 1.165) is 23.1 Å². The molecular formula is C15H21N3O. The van der Waals surface area contributed by atoms with Crippen LogP contribution in [0.4, 0.5) is 11.4 Å². The second-order valence-electron chi connectivity index (χ2n) is 4.67. The number of para-hydroxylation sites is 1. The zero-order chi connectivity index (χ0) is 13.8. The van der Waals surface area contributed by atoms with Gasteiger partial charge in [-0.05, 0) is 19.9 Å². The number of benzene rings is 1. The summed E-state index contributed by atoms with van der Waals surface area (Å²) in [6.45, 7) is 5.81. The van der Waals surface area contributed by atoms with Crippen LogP contribution in [-0.4, -0.2) is 31.3 Å². The Bertz CT molecular complexity index is 556. The summed E-state index contributed by atoms with van der Waals surface area (Å²) in [5.74, 6) is 0. The number of anilines is 2. The molecule has 1 aromatic heterocycles. The van der Waals surface area contributed by atoms with E-state index in [-0.39, 0.29) is 6.04 Å². The molecule has 1 unspecified atom stereocenters. The molecule has 0 aliphatic carbocycles. The number of hydrogen-bond donors (Lipinski definition) is 1. The molecular weight excluding hydrogens is 238 g/mol. The van der Waals surface area contributed by atoms with Crippen LogP contribution in [0.3, 0.4) is 0 Å². The third-order valence-electron chi connectivity index (χ3n) is 3.34. The maximum absolute atomic E-state index is 6.15. The number of pyridine rings is 1. The van der Waals surface area contributed by atoms with E-state index in [2.05, 4.69) is 29.8 Å². The molecule has 2 rings (SSSR count). The summed E-state index contributed by atoms with van der Waals surface area (Å²) in [5, 5.41) is 1.09. The van der Waals surface area contributed by atoms with Crippen molar-refractivity contribution in [3.05, 3.63) is 30.5 Å². The van der Waals surface area contributed by atoms with E-state index in [0.29, 0.717) is 12.3 Å². The lowest BCUT2D eigenvalue weighted by atomic mass is 10.1. The molecule has 1 heterocycles. The summed E-state index contributed by atoms with van der Waals surface area (Å²) in [4.78, 5) is 6.65. The molecule has 4 nitrogen and oxygen atoms in total. The number of ether oxygens (including phenoxy) is 1. The number of aromatic nitrogens is 1. The molecule has 0 aliphatic heterocycles. The van der Waals surface area contributed by atoms with Crippen LogP contribution < -0.4 is 10.6 Å². The molecule has 2 aromatic rings. The van der Waals surface area contributed by atoms with Gasteiger partial charge in [0, 0.05) is 25.1 Å². The maximum Gasteiger partial charge on any atom is 0.0745 e. The second kappa shape index (κ2) is 5.89. The number of hydrogen-bond acceptors (Lipinski definition) is 4. The first-order valence-electron chi connectivity index (χ1n) is 6.57. The third-order valence-corrected chi connectivity index (χ3v) is 3.34. The lowest BCUT2D eigenvalue weighted by Gasteiger charge is -2.31. The first kappa shape index (κ1) is 13.6. The average molecular weight is 259 g/mol. The number of fused-ring (bicyclic) bond motifs is 1. The number of nitrogen functional groups attached to an aromatic ring is 1. The zero-order valence-corrected chi connectivity index (χ0v) is 11.8. The molecule has 0 fully saturated rings. The van der Waals surface area contributed by atoms with Crippen LogP contribution in [0.15, 0.2) is 30.5 Å². The van der Waals surface area contributed by atoms with Crippen LogP contribution in [-0.2, 0) is 4.74 Å². The molecule has 0 amide bonds. The Kier molecular flexibility index (Phi) is 4.22. The van der Waals surface area contributed by atoms with E-state index in [1.807, 2.05) is 18.2 Å². The Balaban J connectivity index is 2.55. The lowest BCUT2D eigenvalue weighted by molar-refractivity contribution is 0.182. The van der Waals surface area contributed by atoms with Crippen molar-refractivity contribution >= 4 is 22.3 Å². The fourth-order valence-corrected chi connectivity index (χ4v) is 2.48. The van der Waals surface area contributed by atoms with Gasteiger partial charge in [0.25, 0.3) is 0 Å². The SMILES string of the molecule is CCN(c1c(N)cnc2ccccc12)C(C)COC. The molecule has 102 valence electrons. The standard InChI is InChI=1S/C15H21N3O/c1-4-18(11(2)10-19-3)15-12-7-5-6-8-14(12)17-9-13(15)16/h5-9,11H,4,10,16H2,1-3H3.